The van der Waals surface area contributed by atoms with Crippen LogP contribution in [0.1, 0.15) is 18.8 Å². The molecule has 0 aliphatic rings. The summed E-state index contributed by atoms with van der Waals surface area (Å²) in [5, 5.41) is 8.00. The lowest BCUT2D eigenvalue weighted by atomic mass is 10.2. The molecule has 0 aliphatic heterocycles. The molecular weight excluding hydrogens is 443 g/mol. The van der Waals surface area contributed by atoms with Crippen LogP contribution < -0.4 is 10.9 Å². The predicted octanol–water partition coefficient (Wildman–Crippen LogP) is 3.05. The predicted molar refractivity (Wildman–Crippen MR) is 108 cm³/mol. The van der Waals surface area contributed by atoms with Crippen molar-refractivity contribution in [3.63, 3.8) is 0 Å². The van der Waals surface area contributed by atoms with E-state index in [1.165, 1.54) is 6.33 Å². The fraction of sp³-hybridized carbons (Fsp3) is 0.111. The fourth-order valence-electron chi connectivity index (χ4n) is 2.80. The molecule has 4 aromatic rings. The molecule has 0 aliphatic carbocycles. The number of nitrogens with zero attached hydrogens (tertiary/aromatic N) is 5. The molecule has 4 rings (SSSR count). The van der Waals surface area contributed by atoms with Crippen LogP contribution in [0.3, 0.4) is 0 Å². The molecule has 0 spiro atoms. The highest BCUT2D eigenvalue weighted by Crippen LogP contribution is 2.21. The summed E-state index contributed by atoms with van der Waals surface area (Å²) in [5.74, 6) is 1.30. The van der Waals surface area contributed by atoms with Crippen LogP contribution >= 0.6 is 22.6 Å². The molecule has 1 N–H and O–H groups in total. The highest BCUT2D eigenvalue weighted by molar-refractivity contribution is 14.1. The van der Waals surface area contributed by atoms with Crippen molar-refractivity contribution in [2.24, 2.45) is 0 Å². The number of halogens is 1. The van der Waals surface area contributed by atoms with Gasteiger partial charge in [-0.2, -0.15) is 5.10 Å². The molecule has 3 aromatic heterocycles. The third kappa shape index (κ3) is 2.96. The van der Waals surface area contributed by atoms with Crippen molar-refractivity contribution in [2.75, 3.05) is 5.32 Å². The van der Waals surface area contributed by atoms with E-state index in [-0.39, 0.29) is 11.6 Å². The summed E-state index contributed by atoms with van der Waals surface area (Å²) >= 11 is 2.17. The summed E-state index contributed by atoms with van der Waals surface area (Å²) in [6, 6.07) is 12.8. The number of hydrogen-bond acceptors (Lipinski definition) is 5. The summed E-state index contributed by atoms with van der Waals surface area (Å²) in [5.41, 5.74) is 1.19. The fourth-order valence-corrected chi connectivity index (χ4v) is 3.25. The molecule has 26 heavy (non-hydrogen) atoms. The second kappa shape index (κ2) is 6.87. The van der Waals surface area contributed by atoms with E-state index in [1.807, 2.05) is 43.3 Å². The van der Waals surface area contributed by atoms with Crippen molar-refractivity contribution >= 4 is 33.9 Å². The maximum atomic E-state index is 13.1. The van der Waals surface area contributed by atoms with Crippen molar-refractivity contribution in [3.05, 3.63) is 80.9 Å². The molecule has 0 radical (unpaired) electrons. The summed E-state index contributed by atoms with van der Waals surface area (Å²) in [7, 11) is 0. The summed E-state index contributed by atoms with van der Waals surface area (Å²) in [6.07, 6.45) is 5.00. The van der Waals surface area contributed by atoms with Crippen LogP contribution in [0, 0.1) is 3.57 Å². The van der Waals surface area contributed by atoms with Gasteiger partial charge in [-0.05, 0) is 53.8 Å². The lowest BCUT2D eigenvalue weighted by Gasteiger charge is -2.19. The number of anilines is 1. The van der Waals surface area contributed by atoms with Gasteiger partial charge in [0.15, 0.2) is 5.82 Å². The Bertz CT molecular complexity index is 1120. The molecule has 0 unspecified atom stereocenters. The zero-order valence-electron chi connectivity index (χ0n) is 13.9. The molecule has 0 amide bonds. The monoisotopic (exact) mass is 458 g/mol. The van der Waals surface area contributed by atoms with Gasteiger partial charge in [0.2, 0.25) is 0 Å². The summed E-state index contributed by atoms with van der Waals surface area (Å²) < 4.78 is 4.15. The summed E-state index contributed by atoms with van der Waals surface area (Å²) in [6.45, 7) is 1.95. The highest BCUT2D eigenvalue weighted by atomic mass is 127. The molecule has 130 valence electrons. The van der Waals surface area contributed by atoms with Crippen molar-refractivity contribution in [1.29, 1.82) is 0 Å². The molecular formula is C18H15IN6O. The number of aromatic nitrogens is 5. The number of benzene rings is 1. The minimum atomic E-state index is -0.252. The molecule has 0 saturated carbocycles. The van der Waals surface area contributed by atoms with E-state index in [9.17, 15) is 4.79 Å². The van der Waals surface area contributed by atoms with E-state index >= 15 is 0 Å². The molecule has 7 nitrogen and oxygen atoms in total. The van der Waals surface area contributed by atoms with E-state index in [4.69, 9.17) is 0 Å². The first-order chi connectivity index (χ1) is 12.6. The quantitative estimate of drug-likeness (QED) is 0.476. The van der Waals surface area contributed by atoms with Crippen LogP contribution in [0.25, 0.3) is 11.2 Å². The van der Waals surface area contributed by atoms with Crippen molar-refractivity contribution < 1.29 is 0 Å². The maximum absolute atomic E-state index is 13.1. The van der Waals surface area contributed by atoms with Crippen LogP contribution in [0.15, 0.2) is 66.0 Å². The third-order valence-electron chi connectivity index (χ3n) is 4.01. The minimum absolute atomic E-state index is 0.114. The second-order valence-corrected chi connectivity index (χ2v) is 6.92. The molecule has 1 atom stereocenters. The van der Waals surface area contributed by atoms with Gasteiger partial charge >= 0.3 is 0 Å². The van der Waals surface area contributed by atoms with E-state index in [0.717, 1.165) is 9.26 Å². The Morgan fingerprint density at radius 3 is 2.73 bits per heavy atom. The Hall–Kier alpha value is -2.75. The van der Waals surface area contributed by atoms with Crippen molar-refractivity contribution in [2.45, 2.75) is 13.0 Å². The zero-order valence-corrected chi connectivity index (χ0v) is 16.0. The first-order valence-corrected chi connectivity index (χ1v) is 9.11. The second-order valence-electron chi connectivity index (χ2n) is 5.76. The first-order valence-electron chi connectivity index (χ1n) is 8.03. The molecule has 8 heteroatoms. The standard InChI is InChI=1S/C18H15IN6O/c1-12(22-16-14(19)10-20-11-21-16)17-23-24-9-5-8-15(24)18(26)25(17)13-6-3-2-4-7-13/h2-12H,1H3,(H,20,21,22)/t12-/m0/s1. The lowest BCUT2D eigenvalue weighted by molar-refractivity contribution is 0.672. The van der Waals surface area contributed by atoms with Gasteiger partial charge in [0.1, 0.15) is 17.7 Å². The van der Waals surface area contributed by atoms with E-state index < -0.39 is 0 Å². The normalized spacial score (nSPS) is 12.2. The molecule has 0 saturated heterocycles. The van der Waals surface area contributed by atoms with Crippen molar-refractivity contribution in [1.82, 2.24) is 24.1 Å². The van der Waals surface area contributed by atoms with Gasteiger partial charge in [-0.15, -0.1) is 0 Å². The minimum Gasteiger partial charge on any atom is -0.359 e. The Labute approximate surface area is 162 Å². The van der Waals surface area contributed by atoms with Gasteiger partial charge in [-0.25, -0.2) is 14.5 Å². The van der Waals surface area contributed by atoms with Gasteiger partial charge in [-0.3, -0.25) is 9.36 Å². The Balaban J connectivity index is 1.88. The van der Waals surface area contributed by atoms with Crippen LogP contribution in [-0.4, -0.2) is 24.1 Å². The third-order valence-corrected chi connectivity index (χ3v) is 4.80. The van der Waals surface area contributed by atoms with Crippen LogP contribution in [0.4, 0.5) is 5.82 Å². The average Bonchev–Trinajstić information content (AvgIpc) is 3.13. The van der Waals surface area contributed by atoms with Crippen LogP contribution in [0.5, 0.6) is 0 Å². The molecule has 3 heterocycles. The largest absolute Gasteiger partial charge is 0.359 e. The maximum Gasteiger partial charge on any atom is 0.282 e. The molecule has 1 aromatic carbocycles. The number of para-hydroxylation sites is 1. The van der Waals surface area contributed by atoms with Gasteiger partial charge in [-0.1, -0.05) is 18.2 Å². The lowest BCUT2D eigenvalue weighted by Crippen LogP contribution is -2.29. The summed E-state index contributed by atoms with van der Waals surface area (Å²) in [4.78, 5) is 21.4. The number of fused-ring (bicyclic) bond motifs is 1. The van der Waals surface area contributed by atoms with Crippen molar-refractivity contribution in [3.8, 4) is 5.69 Å². The van der Waals surface area contributed by atoms with Crippen LogP contribution in [-0.2, 0) is 0 Å². The molecule has 0 fully saturated rings. The van der Waals surface area contributed by atoms with Crippen LogP contribution in [0.2, 0.25) is 0 Å². The van der Waals surface area contributed by atoms with Gasteiger partial charge in [0.25, 0.3) is 5.56 Å². The molecule has 0 bridgehead atoms. The topological polar surface area (TPSA) is 77.1 Å². The highest BCUT2D eigenvalue weighted by Gasteiger charge is 2.19. The number of nitrogens with one attached hydrogen (secondary N) is 1. The van der Waals surface area contributed by atoms with E-state index in [0.29, 0.717) is 17.2 Å². The van der Waals surface area contributed by atoms with Gasteiger partial charge in [0.05, 0.1) is 15.3 Å². The zero-order chi connectivity index (χ0) is 18.1. The average molecular weight is 458 g/mol. The first kappa shape index (κ1) is 16.7. The Morgan fingerprint density at radius 2 is 1.96 bits per heavy atom. The Morgan fingerprint density at radius 1 is 1.15 bits per heavy atom. The SMILES string of the molecule is C[C@H](Nc1ncncc1I)c1nn2cccc2c(=O)n1-c1ccccc1. The van der Waals surface area contributed by atoms with Gasteiger partial charge < -0.3 is 5.32 Å². The van der Waals surface area contributed by atoms with Gasteiger partial charge in [0, 0.05) is 12.4 Å². The van der Waals surface area contributed by atoms with E-state index in [1.54, 1.807) is 27.5 Å². The number of rotatable bonds is 4. The number of hydrogen-bond donors (Lipinski definition) is 1. The Kier molecular flexibility index (Phi) is 4.41. The van der Waals surface area contributed by atoms with E-state index in [2.05, 4.69) is 43.0 Å². The smallest absolute Gasteiger partial charge is 0.282 e.